The summed E-state index contributed by atoms with van der Waals surface area (Å²) in [6.07, 6.45) is 0. The molecule has 2 amide bonds. The molecule has 0 saturated carbocycles. The number of fused-ring (bicyclic) bond motifs is 1. The number of nitrogen functional groups attached to an aromatic ring is 1. The summed E-state index contributed by atoms with van der Waals surface area (Å²) in [5.41, 5.74) is 9.99. The smallest absolute Gasteiger partial charge is 0.273 e. The lowest BCUT2D eigenvalue weighted by Gasteiger charge is -2.28. The van der Waals surface area contributed by atoms with Crippen molar-refractivity contribution in [3.63, 3.8) is 0 Å². The first-order chi connectivity index (χ1) is 14.4. The third-order valence-electron chi connectivity index (χ3n) is 4.84. The highest BCUT2D eigenvalue weighted by Gasteiger charge is 2.33. The quantitative estimate of drug-likeness (QED) is 0.537. The van der Waals surface area contributed by atoms with Gasteiger partial charge in [0.05, 0.1) is 6.54 Å². The highest BCUT2D eigenvalue weighted by molar-refractivity contribution is 6.06. The van der Waals surface area contributed by atoms with Crippen molar-refractivity contribution >= 4 is 28.4 Å². The number of amides is 2. The van der Waals surface area contributed by atoms with Crippen molar-refractivity contribution < 1.29 is 22.8 Å². The fraction of sp³-hybridized carbons (Fsp3) is 0.286. The van der Waals surface area contributed by atoms with Crippen LogP contribution in [0.4, 0.5) is 18.9 Å². The van der Waals surface area contributed by atoms with E-state index in [1.807, 2.05) is 0 Å². The minimum Gasteiger partial charge on any atom is -0.399 e. The molecule has 0 radical (unpaired) electrons. The zero-order valence-corrected chi connectivity index (χ0v) is 17.2. The number of anilines is 1. The number of nitrogens with zero attached hydrogens (tertiary/aromatic N) is 2. The first-order valence-electron chi connectivity index (χ1n) is 9.38. The van der Waals surface area contributed by atoms with Gasteiger partial charge in [0.25, 0.3) is 5.91 Å². The van der Waals surface area contributed by atoms with E-state index in [1.165, 1.54) is 18.2 Å². The number of carbonyl (C=O) groups is 2. The minimum absolute atomic E-state index is 0.00406. The van der Waals surface area contributed by atoms with Crippen LogP contribution in [0, 0.1) is 22.9 Å². The lowest BCUT2D eigenvalue weighted by Crippen LogP contribution is -2.52. The molecule has 0 bridgehead atoms. The number of halogens is 3. The number of benzene rings is 2. The zero-order valence-electron chi connectivity index (χ0n) is 17.2. The lowest BCUT2D eigenvalue weighted by atomic mass is 9.86. The second-order valence-electron chi connectivity index (χ2n) is 8.29. The molecular weight excluding hydrogens is 411 g/mol. The maximum atomic E-state index is 14.6. The van der Waals surface area contributed by atoms with Crippen LogP contribution < -0.4 is 16.8 Å². The SMILES string of the molecule is CC(C)(C)C(NC(=O)c1nn(Cc2ccc(N)cc2F)c2c(F)c(F)ccc12)C(N)=O. The Morgan fingerprint density at radius 3 is 2.39 bits per heavy atom. The molecule has 0 saturated heterocycles. The fourth-order valence-electron chi connectivity index (χ4n) is 3.26. The highest BCUT2D eigenvalue weighted by atomic mass is 19.2. The summed E-state index contributed by atoms with van der Waals surface area (Å²) in [6, 6.07) is 4.95. The van der Waals surface area contributed by atoms with E-state index >= 15 is 0 Å². The van der Waals surface area contributed by atoms with Crippen molar-refractivity contribution in [2.24, 2.45) is 11.1 Å². The zero-order chi connectivity index (χ0) is 23.1. The molecule has 10 heteroatoms. The fourth-order valence-corrected chi connectivity index (χ4v) is 3.26. The number of primary amides is 1. The minimum atomic E-state index is -1.23. The maximum absolute atomic E-state index is 14.6. The molecule has 1 unspecified atom stereocenters. The van der Waals surface area contributed by atoms with Gasteiger partial charge >= 0.3 is 0 Å². The Morgan fingerprint density at radius 2 is 1.81 bits per heavy atom. The van der Waals surface area contributed by atoms with Crippen molar-refractivity contribution in [2.45, 2.75) is 33.4 Å². The summed E-state index contributed by atoms with van der Waals surface area (Å²) < 4.78 is 43.8. The molecule has 7 nitrogen and oxygen atoms in total. The lowest BCUT2D eigenvalue weighted by molar-refractivity contribution is -0.122. The van der Waals surface area contributed by atoms with Crippen LogP contribution in [0.15, 0.2) is 30.3 Å². The maximum Gasteiger partial charge on any atom is 0.273 e. The molecule has 164 valence electrons. The van der Waals surface area contributed by atoms with Gasteiger partial charge in [0.2, 0.25) is 5.91 Å². The monoisotopic (exact) mass is 433 g/mol. The molecule has 31 heavy (non-hydrogen) atoms. The van der Waals surface area contributed by atoms with Gasteiger partial charge in [-0.3, -0.25) is 14.3 Å². The van der Waals surface area contributed by atoms with Crippen molar-refractivity contribution in [3.8, 4) is 0 Å². The van der Waals surface area contributed by atoms with E-state index < -0.39 is 40.7 Å². The topological polar surface area (TPSA) is 116 Å². The first kappa shape index (κ1) is 22.1. The van der Waals surface area contributed by atoms with Crippen molar-refractivity contribution in [2.75, 3.05) is 5.73 Å². The largest absolute Gasteiger partial charge is 0.399 e. The van der Waals surface area contributed by atoms with E-state index in [4.69, 9.17) is 11.5 Å². The van der Waals surface area contributed by atoms with E-state index in [0.717, 1.165) is 16.8 Å². The molecule has 1 heterocycles. The molecule has 2 aromatic carbocycles. The molecular formula is C21H22F3N5O2. The van der Waals surface area contributed by atoms with Gasteiger partial charge in [0, 0.05) is 16.6 Å². The van der Waals surface area contributed by atoms with Gasteiger partial charge in [-0.05, 0) is 29.7 Å². The van der Waals surface area contributed by atoms with Crippen molar-refractivity contribution in [1.29, 1.82) is 0 Å². The first-order valence-corrected chi connectivity index (χ1v) is 9.38. The Balaban J connectivity index is 2.10. The Hall–Kier alpha value is -3.56. The van der Waals surface area contributed by atoms with Crippen LogP contribution in [0.25, 0.3) is 10.9 Å². The molecule has 0 fully saturated rings. The number of hydrogen-bond acceptors (Lipinski definition) is 4. The van der Waals surface area contributed by atoms with Gasteiger partial charge in [-0.25, -0.2) is 13.2 Å². The van der Waals surface area contributed by atoms with Gasteiger partial charge in [0.1, 0.15) is 17.4 Å². The molecule has 3 rings (SSSR count). The Bertz CT molecular complexity index is 1180. The van der Waals surface area contributed by atoms with Crippen LogP contribution in [0.5, 0.6) is 0 Å². The number of aromatic nitrogens is 2. The summed E-state index contributed by atoms with van der Waals surface area (Å²) in [7, 11) is 0. The van der Waals surface area contributed by atoms with Gasteiger partial charge in [-0.1, -0.05) is 26.8 Å². The van der Waals surface area contributed by atoms with E-state index in [0.29, 0.717) is 0 Å². The average molecular weight is 433 g/mol. The Kier molecular flexibility index (Phi) is 5.66. The molecule has 0 aliphatic rings. The summed E-state index contributed by atoms with van der Waals surface area (Å²) in [5.74, 6) is -4.60. The van der Waals surface area contributed by atoms with E-state index in [1.54, 1.807) is 20.8 Å². The van der Waals surface area contributed by atoms with Crippen LogP contribution in [0.3, 0.4) is 0 Å². The molecule has 0 aliphatic carbocycles. The van der Waals surface area contributed by atoms with Crippen LogP contribution in [0.1, 0.15) is 36.8 Å². The molecule has 5 N–H and O–H groups in total. The summed E-state index contributed by atoms with van der Waals surface area (Å²) in [6.45, 7) is 4.84. The third-order valence-corrected chi connectivity index (χ3v) is 4.84. The van der Waals surface area contributed by atoms with E-state index in [2.05, 4.69) is 10.4 Å². The molecule has 0 aliphatic heterocycles. The normalized spacial score (nSPS) is 12.7. The number of hydrogen-bond donors (Lipinski definition) is 3. The summed E-state index contributed by atoms with van der Waals surface area (Å²) in [4.78, 5) is 24.7. The van der Waals surface area contributed by atoms with Crippen LogP contribution >= 0.6 is 0 Å². The second-order valence-corrected chi connectivity index (χ2v) is 8.29. The molecule has 3 aromatic rings. The number of nitrogens with one attached hydrogen (secondary N) is 1. The molecule has 1 aromatic heterocycles. The van der Waals surface area contributed by atoms with Gasteiger partial charge < -0.3 is 16.8 Å². The second kappa shape index (κ2) is 7.93. The predicted molar refractivity (Wildman–Crippen MR) is 109 cm³/mol. The standard InChI is InChI=1S/C21H22F3N5O2/c1-21(2,3)18(19(26)30)27-20(31)16-12-6-7-13(22)15(24)17(12)29(28-16)9-10-4-5-11(25)8-14(10)23/h4-8,18H,9,25H2,1-3H3,(H2,26,30)(H,27,31). The van der Waals surface area contributed by atoms with Crippen LogP contribution in [0.2, 0.25) is 0 Å². The predicted octanol–water partition coefficient (Wildman–Crippen LogP) is 2.71. The average Bonchev–Trinajstić information content (AvgIpc) is 3.02. The van der Waals surface area contributed by atoms with E-state index in [-0.39, 0.29) is 34.4 Å². The van der Waals surface area contributed by atoms with Crippen molar-refractivity contribution in [1.82, 2.24) is 15.1 Å². The van der Waals surface area contributed by atoms with Crippen molar-refractivity contribution in [3.05, 3.63) is 59.0 Å². The Labute approximate surface area is 176 Å². The van der Waals surface area contributed by atoms with E-state index in [9.17, 15) is 22.8 Å². The Morgan fingerprint density at radius 1 is 1.13 bits per heavy atom. The van der Waals surface area contributed by atoms with Gasteiger partial charge in [0.15, 0.2) is 17.3 Å². The van der Waals surface area contributed by atoms with Gasteiger partial charge in [-0.15, -0.1) is 0 Å². The van der Waals surface area contributed by atoms with Crippen LogP contribution in [-0.4, -0.2) is 27.6 Å². The highest BCUT2D eigenvalue weighted by Crippen LogP contribution is 2.26. The number of rotatable bonds is 5. The van der Waals surface area contributed by atoms with Gasteiger partial charge in [-0.2, -0.15) is 5.10 Å². The third kappa shape index (κ3) is 4.32. The van der Waals surface area contributed by atoms with Crippen LogP contribution in [-0.2, 0) is 11.3 Å². The molecule has 1 atom stereocenters. The summed E-state index contributed by atoms with van der Waals surface area (Å²) in [5, 5.41) is 6.60. The summed E-state index contributed by atoms with van der Waals surface area (Å²) >= 11 is 0. The number of nitrogens with two attached hydrogens (primary N) is 2. The molecule has 0 spiro atoms. The number of carbonyl (C=O) groups excluding carboxylic acids is 2.